The Morgan fingerprint density at radius 2 is 2.05 bits per heavy atom. The minimum Gasteiger partial charge on any atom is -0.338 e. The highest BCUT2D eigenvalue weighted by Gasteiger charge is 2.33. The molecule has 1 saturated heterocycles. The number of amides is 1. The molecule has 1 aromatic carbocycles. The number of nitrogens with two attached hydrogens (primary N) is 1. The Morgan fingerprint density at radius 1 is 1.37 bits per heavy atom. The Hall–Kier alpha value is -1.35. The fraction of sp³-hybridized carbons (Fsp3) is 0.562. The molecule has 3 nitrogen and oxygen atoms in total. The molecule has 1 aromatic rings. The van der Waals surface area contributed by atoms with Crippen LogP contribution < -0.4 is 5.73 Å². The van der Waals surface area contributed by atoms with Crippen LogP contribution >= 0.6 is 0 Å². The summed E-state index contributed by atoms with van der Waals surface area (Å²) in [6.45, 7) is 5.22. The van der Waals surface area contributed by atoms with E-state index in [0.717, 1.165) is 24.9 Å². The molecule has 0 aliphatic carbocycles. The molecule has 1 heterocycles. The minimum atomic E-state index is -0.415. The maximum Gasteiger partial charge on any atom is 0.240 e. The van der Waals surface area contributed by atoms with Crippen molar-refractivity contribution < 1.29 is 4.79 Å². The number of carbonyl (C=O) groups excluding carboxylic acids is 1. The van der Waals surface area contributed by atoms with Crippen molar-refractivity contribution in [3.8, 4) is 0 Å². The first-order valence-electron chi connectivity index (χ1n) is 7.19. The van der Waals surface area contributed by atoms with E-state index in [0.29, 0.717) is 18.4 Å². The van der Waals surface area contributed by atoms with Gasteiger partial charge in [-0.3, -0.25) is 4.79 Å². The summed E-state index contributed by atoms with van der Waals surface area (Å²) < 4.78 is 0. The monoisotopic (exact) mass is 260 g/mol. The number of carbonyl (C=O) groups is 1. The van der Waals surface area contributed by atoms with Crippen LogP contribution in [-0.2, 0) is 11.2 Å². The molecule has 19 heavy (non-hydrogen) atoms. The van der Waals surface area contributed by atoms with Crippen LogP contribution in [0.2, 0.25) is 0 Å². The highest BCUT2D eigenvalue weighted by molar-refractivity contribution is 5.82. The van der Waals surface area contributed by atoms with Crippen LogP contribution in [0.5, 0.6) is 0 Å². The minimum absolute atomic E-state index is 0.111. The van der Waals surface area contributed by atoms with Gasteiger partial charge in [0.1, 0.15) is 0 Å². The summed E-state index contributed by atoms with van der Waals surface area (Å²) >= 11 is 0. The number of benzene rings is 1. The van der Waals surface area contributed by atoms with Crippen molar-refractivity contribution in [2.45, 2.75) is 45.2 Å². The van der Waals surface area contributed by atoms with Crippen molar-refractivity contribution in [2.24, 2.45) is 11.7 Å². The molecule has 3 heteroatoms. The molecule has 1 aliphatic heterocycles. The summed E-state index contributed by atoms with van der Waals surface area (Å²) in [5.74, 6) is 0.621. The zero-order chi connectivity index (χ0) is 13.8. The maximum atomic E-state index is 12.5. The maximum absolute atomic E-state index is 12.5. The second kappa shape index (κ2) is 6.20. The lowest BCUT2D eigenvalue weighted by molar-refractivity contribution is -0.134. The average Bonchev–Trinajstić information content (AvgIpc) is 2.88. The van der Waals surface area contributed by atoms with Gasteiger partial charge in [0.25, 0.3) is 0 Å². The third-order valence-corrected chi connectivity index (χ3v) is 3.97. The fourth-order valence-electron chi connectivity index (χ4n) is 2.93. The predicted molar refractivity (Wildman–Crippen MR) is 77.7 cm³/mol. The van der Waals surface area contributed by atoms with E-state index in [1.165, 1.54) is 0 Å². The third-order valence-electron chi connectivity index (χ3n) is 3.97. The van der Waals surface area contributed by atoms with E-state index in [-0.39, 0.29) is 5.91 Å². The smallest absolute Gasteiger partial charge is 0.240 e. The Labute approximate surface area is 115 Å². The third kappa shape index (κ3) is 3.35. The van der Waals surface area contributed by atoms with Crippen molar-refractivity contribution in [3.05, 3.63) is 35.9 Å². The van der Waals surface area contributed by atoms with Crippen molar-refractivity contribution in [3.63, 3.8) is 0 Å². The fourth-order valence-corrected chi connectivity index (χ4v) is 2.93. The van der Waals surface area contributed by atoms with E-state index in [1.807, 2.05) is 35.2 Å². The molecule has 1 aliphatic rings. The van der Waals surface area contributed by atoms with Gasteiger partial charge in [0, 0.05) is 12.6 Å². The van der Waals surface area contributed by atoms with Crippen molar-refractivity contribution >= 4 is 5.91 Å². The SMILES string of the molecule is CC(C)C1CCCN1C(=O)[C@H](N)Cc1ccccc1. The lowest BCUT2D eigenvalue weighted by Gasteiger charge is -2.30. The Bertz CT molecular complexity index is 416. The molecule has 2 rings (SSSR count). The molecule has 1 unspecified atom stereocenters. The highest BCUT2D eigenvalue weighted by atomic mass is 16.2. The largest absolute Gasteiger partial charge is 0.338 e. The molecule has 2 atom stereocenters. The number of hydrogen-bond donors (Lipinski definition) is 1. The molecule has 0 spiro atoms. The van der Waals surface area contributed by atoms with Gasteiger partial charge in [0.05, 0.1) is 6.04 Å². The van der Waals surface area contributed by atoms with Crippen LogP contribution in [-0.4, -0.2) is 29.4 Å². The molecular weight excluding hydrogens is 236 g/mol. The summed E-state index contributed by atoms with van der Waals surface area (Å²) in [7, 11) is 0. The van der Waals surface area contributed by atoms with Gasteiger partial charge in [-0.05, 0) is 30.7 Å². The lowest BCUT2D eigenvalue weighted by atomic mass is 10.0. The van der Waals surface area contributed by atoms with E-state index in [9.17, 15) is 4.79 Å². The Kier molecular flexibility index (Phi) is 4.59. The topological polar surface area (TPSA) is 46.3 Å². The molecule has 104 valence electrons. The molecule has 0 bridgehead atoms. The number of nitrogens with zero attached hydrogens (tertiary/aromatic N) is 1. The molecule has 1 fully saturated rings. The summed E-state index contributed by atoms with van der Waals surface area (Å²) in [5, 5.41) is 0. The summed E-state index contributed by atoms with van der Waals surface area (Å²) in [4.78, 5) is 14.5. The highest BCUT2D eigenvalue weighted by Crippen LogP contribution is 2.24. The van der Waals surface area contributed by atoms with E-state index in [2.05, 4.69) is 13.8 Å². The van der Waals surface area contributed by atoms with Gasteiger partial charge < -0.3 is 10.6 Å². The van der Waals surface area contributed by atoms with Gasteiger partial charge in [-0.15, -0.1) is 0 Å². The summed E-state index contributed by atoms with van der Waals surface area (Å²) in [6.07, 6.45) is 2.84. The van der Waals surface area contributed by atoms with Gasteiger partial charge in [-0.25, -0.2) is 0 Å². The molecule has 0 radical (unpaired) electrons. The Balaban J connectivity index is 1.99. The molecular formula is C16H24N2O. The van der Waals surface area contributed by atoms with Crippen LogP contribution in [0, 0.1) is 5.92 Å². The number of rotatable bonds is 4. The number of likely N-dealkylation sites (tertiary alicyclic amines) is 1. The zero-order valence-corrected chi connectivity index (χ0v) is 11.9. The van der Waals surface area contributed by atoms with Crippen molar-refractivity contribution in [1.82, 2.24) is 4.90 Å². The second-order valence-electron chi connectivity index (χ2n) is 5.78. The van der Waals surface area contributed by atoms with Gasteiger partial charge in [0.15, 0.2) is 0 Å². The first kappa shape index (κ1) is 14.1. The van der Waals surface area contributed by atoms with Crippen molar-refractivity contribution in [1.29, 1.82) is 0 Å². The summed E-state index contributed by atoms with van der Waals surface area (Å²) in [6, 6.07) is 9.95. The average molecular weight is 260 g/mol. The van der Waals surface area contributed by atoms with Gasteiger partial charge in [-0.1, -0.05) is 44.2 Å². The van der Waals surface area contributed by atoms with Crippen LogP contribution in [0.3, 0.4) is 0 Å². The van der Waals surface area contributed by atoms with Crippen LogP contribution in [0.15, 0.2) is 30.3 Å². The van der Waals surface area contributed by atoms with Gasteiger partial charge in [-0.2, -0.15) is 0 Å². The first-order valence-corrected chi connectivity index (χ1v) is 7.19. The van der Waals surface area contributed by atoms with E-state index < -0.39 is 6.04 Å². The van der Waals surface area contributed by atoms with E-state index >= 15 is 0 Å². The van der Waals surface area contributed by atoms with Crippen LogP contribution in [0.4, 0.5) is 0 Å². The second-order valence-corrected chi connectivity index (χ2v) is 5.78. The molecule has 0 aromatic heterocycles. The molecule has 0 saturated carbocycles. The van der Waals surface area contributed by atoms with Crippen molar-refractivity contribution in [2.75, 3.05) is 6.54 Å². The van der Waals surface area contributed by atoms with Crippen LogP contribution in [0.1, 0.15) is 32.3 Å². The van der Waals surface area contributed by atoms with E-state index in [1.54, 1.807) is 0 Å². The van der Waals surface area contributed by atoms with Gasteiger partial charge >= 0.3 is 0 Å². The molecule has 1 amide bonds. The quantitative estimate of drug-likeness (QED) is 0.902. The first-order chi connectivity index (χ1) is 9.09. The summed E-state index contributed by atoms with van der Waals surface area (Å²) in [5.41, 5.74) is 7.23. The normalized spacial score (nSPS) is 20.8. The number of hydrogen-bond acceptors (Lipinski definition) is 2. The lowest BCUT2D eigenvalue weighted by Crippen LogP contribution is -2.48. The molecule has 2 N–H and O–H groups in total. The Morgan fingerprint density at radius 3 is 2.68 bits per heavy atom. The standard InChI is InChI=1S/C16H24N2O/c1-12(2)15-9-6-10-18(15)16(19)14(17)11-13-7-4-3-5-8-13/h3-5,7-8,12,14-15H,6,9-11,17H2,1-2H3/t14-,15?/m1/s1. The predicted octanol–water partition coefficient (Wildman–Crippen LogP) is 2.20. The van der Waals surface area contributed by atoms with Gasteiger partial charge in [0.2, 0.25) is 5.91 Å². The van der Waals surface area contributed by atoms with Crippen LogP contribution in [0.25, 0.3) is 0 Å². The zero-order valence-electron chi connectivity index (χ0n) is 11.9. The van der Waals surface area contributed by atoms with E-state index in [4.69, 9.17) is 5.73 Å².